The van der Waals surface area contributed by atoms with Gasteiger partial charge in [0.25, 0.3) is 0 Å². The number of rotatable bonds is 11. The van der Waals surface area contributed by atoms with Crippen molar-refractivity contribution in [2.75, 3.05) is 40.0 Å². The van der Waals surface area contributed by atoms with E-state index in [0.29, 0.717) is 26.1 Å². The van der Waals surface area contributed by atoms with Gasteiger partial charge in [-0.25, -0.2) is 0 Å². The maximum atomic E-state index is 13.6. The van der Waals surface area contributed by atoms with Gasteiger partial charge in [-0.2, -0.15) is 0 Å². The van der Waals surface area contributed by atoms with Crippen LogP contribution in [0.4, 0.5) is 0 Å². The number of carbonyl (C=O) groups excluding carboxylic acids is 3. The van der Waals surface area contributed by atoms with E-state index in [2.05, 4.69) is 35.7 Å². The molecule has 0 N–H and O–H groups in total. The molecular formula is C26H34N2O5S. The minimum absolute atomic E-state index is 0.00953. The first-order valence-corrected chi connectivity index (χ1v) is 12.7. The van der Waals surface area contributed by atoms with Crippen molar-refractivity contribution in [1.82, 2.24) is 9.80 Å². The maximum Gasteiger partial charge on any atom is 0.306 e. The zero-order valence-corrected chi connectivity index (χ0v) is 21.1. The quantitative estimate of drug-likeness (QED) is 0.357. The van der Waals surface area contributed by atoms with E-state index in [4.69, 9.17) is 9.47 Å². The number of aryl methyl sites for hydroxylation is 1. The molecule has 2 aromatic rings. The number of ether oxygens (including phenoxy) is 2. The van der Waals surface area contributed by atoms with Crippen molar-refractivity contribution < 1.29 is 23.9 Å². The number of thiophene rings is 1. The van der Waals surface area contributed by atoms with Crippen LogP contribution in [-0.2, 0) is 30.3 Å². The van der Waals surface area contributed by atoms with Gasteiger partial charge in [-0.15, -0.1) is 11.3 Å². The molecule has 1 atom stereocenters. The summed E-state index contributed by atoms with van der Waals surface area (Å²) >= 11 is 1.73. The fraction of sp³-hybridized carbons (Fsp3) is 0.500. The summed E-state index contributed by atoms with van der Waals surface area (Å²) in [6, 6.07) is 10.2. The maximum absolute atomic E-state index is 13.6. The molecule has 3 rings (SSSR count). The number of benzene rings is 1. The number of carbonyl (C=O) groups is 3. The first-order valence-electron chi connectivity index (χ1n) is 11.8. The largest absolute Gasteiger partial charge is 0.466 e. The lowest BCUT2D eigenvalue weighted by Gasteiger charge is -2.37. The molecule has 7 nitrogen and oxygen atoms in total. The fourth-order valence-corrected chi connectivity index (χ4v) is 5.14. The van der Waals surface area contributed by atoms with E-state index in [9.17, 15) is 14.4 Å². The normalized spacial score (nSPS) is 15.0. The zero-order chi connectivity index (χ0) is 24.5. The Hall–Kier alpha value is -2.71. The summed E-state index contributed by atoms with van der Waals surface area (Å²) in [6.45, 7) is 5.53. The topological polar surface area (TPSA) is 76.1 Å². The van der Waals surface area contributed by atoms with E-state index in [0.717, 1.165) is 17.5 Å². The summed E-state index contributed by atoms with van der Waals surface area (Å²) in [5, 5.41) is 2.08. The van der Waals surface area contributed by atoms with Crippen LogP contribution in [0.5, 0.6) is 0 Å². The molecule has 0 aliphatic carbocycles. The number of nitrogens with zero attached hydrogens (tertiary/aromatic N) is 2. The van der Waals surface area contributed by atoms with Gasteiger partial charge in [-0.05, 0) is 49.3 Å². The predicted molar refractivity (Wildman–Crippen MR) is 132 cm³/mol. The Kier molecular flexibility index (Phi) is 9.65. The summed E-state index contributed by atoms with van der Waals surface area (Å²) in [5.41, 5.74) is 3.39. The highest BCUT2D eigenvalue weighted by Gasteiger charge is 2.34. The third-order valence-electron chi connectivity index (χ3n) is 5.98. The molecule has 1 unspecified atom stereocenters. The van der Waals surface area contributed by atoms with Gasteiger partial charge in [0.1, 0.15) is 0 Å². The fourth-order valence-electron chi connectivity index (χ4n) is 4.24. The number of methoxy groups -OCH3 is 1. The molecule has 184 valence electrons. The first kappa shape index (κ1) is 25.9. The zero-order valence-electron chi connectivity index (χ0n) is 20.2. The highest BCUT2D eigenvalue weighted by molar-refractivity contribution is 7.10. The average molecular weight is 487 g/mol. The SMILES string of the molecule is CCOC(=O)CCC(=O)N(CCCOC)CC(=O)N1CCc2sccc2C1c1ccc(C)cc1. The molecule has 0 bridgehead atoms. The van der Waals surface area contributed by atoms with Crippen LogP contribution in [0.2, 0.25) is 0 Å². The van der Waals surface area contributed by atoms with Gasteiger partial charge in [0.2, 0.25) is 11.8 Å². The molecule has 34 heavy (non-hydrogen) atoms. The van der Waals surface area contributed by atoms with E-state index < -0.39 is 5.97 Å². The van der Waals surface area contributed by atoms with Crippen LogP contribution in [0.15, 0.2) is 35.7 Å². The van der Waals surface area contributed by atoms with E-state index in [1.165, 1.54) is 10.4 Å². The van der Waals surface area contributed by atoms with Gasteiger partial charge in [-0.3, -0.25) is 14.4 Å². The lowest BCUT2D eigenvalue weighted by Crippen LogP contribution is -2.47. The molecule has 0 spiro atoms. The monoisotopic (exact) mass is 486 g/mol. The third kappa shape index (κ3) is 6.67. The summed E-state index contributed by atoms with van der Waals surface area (Å²) in [4.78, 5) is 43.0. The molecule has 1 aromatic heterocycles. The first-order chi connectivity index (χ1) is 16.4. The minimum Gasteiger partial charge on any atom is -0.466 e. The van der Waals surface area contributed by atoms with Crippen LogP contribution in [0.1, 0.15) is 53.8 Å². The summed E-state index contributed by atoms with van der Waals surface area (Å²) in [5.74, 6) is -0.721. The summed E-state index contributed by atoms with van der Waals surface area (Å²) in [7, 11) is 1.61. The van der Waals surface area contributed by atoms with Crippen LogP contribution in [0.3, 0.4) is 0 Å². The van der Waals surface area contributed by atoms with E-state index in [1.807, 2.05) is 11.8 Å². The lowest BCUT2D eigenvalue weighted by atomic mass is 9.92. The van der Waals surface area contributed by atoms with Gasteiger partial charge in [0, 0.05) is 38.1 Å². The Bertz CT molecular complexity index is 972. The van der Waals surface area contributed by atoms with E-state index in [1.54, 1.807) is 30.3 Å². The number of hydrogen-bond acceptors (Lipinski definition) is 6. The van der Waals surface area contributed by atoms with Crippen molar-refractivity contribution in [1.29, 1.82) is 0 Å². The van der Waals surface area contributed by atoms with Crippen LogP contribution in [-0.4, -0.2) is 67.5 Å². The molecule has 8 heteroatoms. The van der Waals surface area contributed by atoms with E-state index >= 15 is 0 Å². The molecule has 2 heterocycles. The highest BCUT2D eigenvalue weighted by atomic mass is 32.1. The second kappa shape index (κ2) is 12.7. The smallest absolute Gasteiger partial charge is 0.306 e. The van der Waals surface area contributed by atoms with Crippen molar-refractivity contribution in [3.63, 3.8) is 0 Å². The third-order valence-corrected chi connectivity index (χ3v) is 6.98. The second-order valence-corrected chi connectivity index (χ2v) is 9.42. The summed E-state index contributed by atoms with van der Waals surface area (Å²) in [6.07, 6.45) is 1.46. The van der Waals surface area contributed by atoms with Crippen molar-refractivity contribution in [3.05, 3.63) is 57.3 Å². The Balaban J connectivity index is 1.77. The van der Waals surface area contributed by atoms with Gasteiger partial charge in [0.15, 0.2) is 0 Å². The van der Waals surface area contributed by atoms with Gasteiger partial charge >= 0.3 is 5.97 Å². The lowest BCUT2D eigenvalue weighted by molar-refractivity contribution is -0.146. The van der Waals surface area contributed by atoms with Crippen molar-refractivity contribution in [2.24, 2.45) is 0 Å². The number of amides is 2. The van der Waals surface area contributed by atoms with Crippen LogP contribution in [0.25, 0.3) is 0 Å². The van der Waals surface area contributed by atoms with Crippen LogP contribution in [0, 0.1) is 6.92 Å². The van der Waals surface area contributed by atoms with E-state index in [-0.39, 0.29) is 43.8 Å². The number of hydrogen-bond donors (Lipinski definition) is 0. The molecular weight excluding hydrogens is 452 g/mol. The molecule has 0 fully saturated rings. The van der Waals surface area contributed by atoms with Crippen molar-refractivity contribution in [3.8, 4) is 0 Å². The van der Waals surface area contributed by atoms with Crippen LogP contribution >= 0.6 is 11.3 Å². The second-order valence-electron chi connectivity index (χ2n) is 8.42. The molecule has 1 aliphatic rings. The number of esters is 1. The molecule has 1 aromatic carbocycles. The Morgan fingerprint density at radius 2 is 1.91 bits per heavy atom. The van der Waals surface area contributed by atoms with Crippen LogP contribution < -0.4 is 0 Å². The highest BCUT2D eigenvalue weighted by Crippen LogP contribution is 2.38. The van der Waals surface area contributed by atoms with Gasteiger partial charge in [0.05, 0.1) is 25.6 Å². The molecule has 1 aliphatic heterocycles. The minimum atomic E-state index is -0.403. The Morgan fingerprint density at radius 1 is 1.15 bits per heavy atom. The number of fused-ring (bicyclic) bond motifs is 1. The van der Waals surface area contributed by atoms with Gasteiger partial charge < -0.3 is 19.3 Å². The molecule has 2 amide bonds. The predicted octanol–water partition coefficient (Wildman–Crippen LogP) is 3.74. The van der Waals surface area contributed by atoms with Crippen molar-refractivity contribution >= 4 is 29.1 Å². The molecule has 0 saturated heterocycles. The Morgan fingerprint density at radius 3 is 2.62 bits per heavy atom. The summed E-state index contributed by atoms with van der Waals surface area (Å²) < 4.78 is 10.1. The molecule has 0 saturated carbocycles. The van der Waals surface area contributed by atoms with Gasteiger partial charge in [-0.1, -0.05) is 29.8 Å². The Labute approximate surface area is 205 Å². The molecule has 0 radical (unpaired) electrons. The average Bonchev–Trinajstić information content (AvgIpc) is 3.31. The standard InChI is InChI=1S/C26H34N2O5S/c1-4-33-25(31)11-10-23(29)27(14-5-16-32-3)18-24(30)28-15-12-22-21(13-17-34-22)26(28)20-8-6-19(2)7-9-20/h6-9,13,17,26H,4-5,10-12,14-16,18H2,1-3H3. The van der Waals surface area contributed by atoms with Crippen molar-refractivity contribution in [2.45, 2.75) is 45.6 Å².